The lowest BCUT2D eigenvalue weighted by atomic mass is 9.97. The molecule has 1 fully saturated rings. The molecule has 2 aromatic heterocycles. The van der Waals surface area contributed by atoms with Crippen LogP contribution in [0.15, 0.2) is 18.3 Å². The summed E-state index contributed by atoms with van der Waals surface area (Å²) in [7, 11) is 1.37. The summed E-state index contributed by atoms with van der Waals surface area (Å²) in [5.74, 6) is 1.06. The first-order valence-electron chi connectivity index (χ1n) is 6.43. The number of nitrogens with zero attached hydrogens (tertiary/aromatic N) is 3. The average molecular weight is 260 g/mol. The molecular formula is C13H16N4O2. The van der Waals surface area contributed by atoms with E-state index in [2.05, 4.69) is 15.5 Å². The van der Waals surface area contributed by atoms with Crippen molar-refractivity contribution in [3.05, 3.63) is 29.7 Å². The van der Waals surface area contributed by atoms with Crippen LogP contribution in [0, 0.1) is 0 Å². The SMILES string of the molecule is COC(=O)c1ccn2c(C3CCNCC3)nnc2c1. The van der Waals surface area contributed by atoms with Gasteiger partial charge in [-0.1, -0.05) is 0 Å². The summed E-state index contributed by atoms with van der Waals surface area (Å²) in [4.78, 5) is 11.5. The quantitative estimate of drug-likeness (QED) is 0.815. The summed E-state index contributed by atoms with van der Waals surface area (Å²) in [6, 6.07) is 3.45. The summed E-state index contributed by atoms with van der Waals surface area (Å²) >= 11 is 0. The topological polar surface area (TPSA) is 68.5 Å². The first-order chi connectivity index (χ1) is 9.29. The van der Waals surface area contributed by atoms with Crippen molar-refractivity contribution in [3.8, 4) is 0 Å². The molecule has 1 aliphatic rings. The van der Waals surface area contributed by atoms with E-state index >= 15 is 0 Å². The largest absolute Gasteiger partial charge is 0.465 e. The van der Waals surface area contributed by atoms with E-state index < -0.39 is 0 Å². The molecule has 100 valence electrons. The molecule has 0 saturated carbocycles. The zero-order valence-electron chi connectivity index (χ0n) is 10.8. The molecule has 19 heavy (non-hydrogen) atoms. The fraction of sp³-hybridized carbons (Fsp3) is 0.462. The van der Waals surface area contributed by atoms with Crippen molar-refractivity contribution in [1.82, 2.24) is 19.9 Å². The number of nitrogens with one attached hydrogen (secondary N) is 1. The van der Waals surface area contributed by atoms with Gasteiger partial charge in [-0.2, -0.15) is 0 Å². The number of methoxy groups -OCH3 is 1. The van der Waals surface area contributed by atoms with Crippen LogP contribution in [0.25, 0.3) is 5.65 Å². The Hall–Kier alpha value is -1.95. The highest BCUT2D eigenvalue weighted by atomic mass is 16.5. The van der Waals surface area contributed by atoms with Crippen molar-refractivity contribution in [1.29, 1.82) is 0 Å². The molecule has 0 bridgehead atoms. The van der Waals surface area contributed by atoms with E-state index in [0.717, 1.165) is 31.8 Å². The second-order valence-corrected chi connectivity index (χ2v) is 4.72. The summed E-state index contributed by atoms with van der Waals surface area (Å²) in [6.07, 6.45) is 3.98. The molecule has 1 saturated heterocycles. The minimum atomic E-state index is -0.353. The number of aromatic nitrogens is 3. The van der Waals surface area contributed by atoms with Gasteiger partial charge in [0.2, 0.25) is 0 Å². The standard InChI is InChI=1S/C13H16N4O2/c1-19-13(18)10-4-7-17-11(8-10)15-16-12(17)9-2-5-14-6-3-9/h4,7-9,14H,2-3,5-6H2,1H3. The highest BCUT2D eigenvalue weighted by Crippen LogP contribution is 2.24. The lowest BCUT2D eigenvalue weighted by Crippen LogP contribution is -2.27. The van der Waals surface area contributed by atoms with Crippen LogP contribution in [-0.4, -0.2) is 40.8 Å². The van der Waals surface area contributed by atoms with E-state index in [1.165, 1.54) is 7.11 Å². The number of carbonyl (C=O) groups excluding carboxylic acids is 1. The van der Waals surface area contributed by atoms with Gasteiger partial charge in [-0.05, 0) is 38.1 Å². The summed E-state index contributed by atoms with van der Waals surface area (Å²) in [5, 5.41) is 11.8. The number of fused-ring (bicyclic) bond motifs is 1. The molecule has 3 heterocycles. The Labute approximate surface area is 110 Å². The van der Waals surface area contributed by atoms with Crippen LogP contribution in [0.1, 0.15) is 34.9 Å². The molecule has 0 unspecified atom stereocenters. The number of rotatable bonds is 2. The molecule has 1 aliphatic heterocycles. The molecule has 0 amide bonds. The van der Waals surface area contributed by atoms with Crippen LogP contribution in [0.5, 0.6) is 0 Å². The summed E-state index contributed by atoms with van der Waals surface area (Å²) in [5.41, 5.74) is 1.19. The second kappa shape index (κ2) is 4.97. The van der Waals surface area contributed by atoms with Gasteiger partial charge in [0.1, 0.15) is 5.82 Å². The molecule has 0 spiro atoms. The van der Waals surface area contributed by atoms with Gasteiger partial charge in [-0.15, -0.1) is 10.2 Å². The number of ether oxygens (including phenoxy) is 1. The smallest absolute Gasteiger partial charge is 0.338 e. The Kier molecular flexibility index (Phi) is 3.16. The minimum Gasteiger partial charge on any atom is -0.465 e. The van der Waals surface area contributed by atoms with Gasteiger partial charge in [0.25, 0.3) is 0 Å². The second-order valence-electron chi connectivity index (χ2n) is 4.72. The molecule has 6 heteroatoms. The molecule has 6 nitrogen and oxygen atoms in total. The zero-order chi connectivity index (χ0) is 13.2. The van der Waals surface area contributed by atoms with Crippen molar-refractivity contribution in [2.24, 2.45) is 0 Å². The van der Waals surface area contributed by atoms with Gasteiger partial charge in [0, 0.05) is 12.1 Å². The molecule has 0 aliphatic carbocycles. The van der Waals surface area contributed by atoms with Crippen LogP contribution in [0.2, 0.25) is 0 Å². The number of hydrogen-bond acceptors (Lipinski definition) is 5. The number of pyridine rings is 1. The van der Waals surface area contributed by atoms with Gasteiger partial charge < -0.3 is 10.1 Å². The van der Waals surface area contributed by atoms with Crippen LogP contribution < -0.4 is 5.32 Å². The highest BCUT2D eigenvalue weighted by Gasteiger charge is 2.21. The summed E-state index contributed by atoms with van der Waals surface area (Å²) in [6.45, 7) is 2.03. The van der Waals surface area contributed by atoms with Crippen molar-refractivity contribution >= 4 is 11.6 Å². The van der Waals surface area contributed by atoms with Gasteiger partial charge in [0.05, 0.1) is 12.7 Å². The maximum atomic E-state index is 11.5. The maximum absolute atomic E-state index is 11.5. The van der Waals surface area contributed by atoms with E-state index in [1.54, 1.807) is 12.1 Å². The first-order valence-corrected chi connectivity index (χ1v) is 6.43. The average Bonchev–Trinajstić information content (AvgIpc) is 2.90. The van der Waals surface area contributed by atoms with E-state index in [9.17, 15) is 4.79 Å². The maximum Gasteiger partial charge on any atom is 0.338 e. The Morgan fingerprint density at radius 1 is 1.42 bits per heavy atom. The van der Waals surface area contributed by atoms with Crippen LogP contribution >= 0.6 is 0 Å². The number of hydrogen-bond donors (Lipinski definition) is 1. The van der Waals surface area contributed by atoms with Gasteiger partial charge >= 0.3 is 5.97 Å². The Morgan fingerprint density at radius 3 is 2.95 bits per heavy atom. The molecule has 0 atom stereocenters. The highest BCUT2D eigenvalue weighted by molar-refractivity contribution is 5.90. The van der Waals surface area contributed by atoms with Crippen molar-refractivity contribution < 1.29 is 9.53 Å². The van der Waals surface area contributed by atoms with Crippen LogP contribution in [0.3, 0.4) is 0 Å². The Bertz CT molecular complexity index is 602. The third kappa shape index (κ3) is 2.19. The van der Waals surface area contributed by atoms with Gasteiger partial charge in [-0.3, -0.25) is 4.40 Å². The lowest BCUT2D eigenvalue weighted by Gasteiger charge is -2.20. The Balaban J connectivity index is 1.97. The van der Waals surface area contributed by atoms with E-state index in [1.807, 2.05) is 10.6 Å². The molecule has 0 radical (unpaired) electrons. The predicted octanol–water partition coefficient (Wildman–Crippen LogP) is 0.983. The number of piperidine rings is 1. The van der Waals surface area contributed by atoms with E-state index in [0.29, 0.717) is 17.1 Å². The molecule has 2 aromatic rings. The molecular weight excluding hydrogens is 244 g/mol. The molecule has 1 N–H and O–H groups in total. The third-order valence-electron chi connectivity index (χ3n) is 3.56. The molecule has 3 rings (SSSR count). The van der Waals surface area contributed by atoms with E-state index in [-0.39, 0.29) is 5.97 Å². The third-order valence-corrected chi connectivity index (χ3v) is 3.56. The number of carbonyl (C=O) groups is 1. The molecule has 0 aromatic carbocycles. The van der Waals surface area contributed by atoms with E-state index in [4.69, 9.17) is 4.74 Å². The first kappa shape index (κ1) is 12.1. The monoisotopic (exact) mass is 260 g/mol. The van der Waals surface area contributed by atoms with Gasteiger partial charge in [-0.25, -0.2) is 4.79 Å². The fourth-order valence-electron chi connectivity index (χ4n) is 2.51. The number of esters is 1. The Morgan fingerprint density at radius 2 is 2.21 bits per heavy atom. The zero-order valence-corrected chi connectivity index (χ0v) is 10.8. The predicted molar refractivity (Wildman–Crippen MR) is 69.2 cm³/mol. The van der Waals surface area contributed by atoms with Crippen molar-refractivity contribution in [2.45, 2.75) is 18.8 Å². The summed E-state index contributed by atoms with van der Waals surface area (Å²) < 4.78 is 6.66. The van der Waals surface area contributed by atoms with Crippen molar-refractivity contribution in [2.75, 3.05) is 20.2 Å². The van der Waals surface area contributed by atoms with Crippen LogP contribution in [-0.2, 0) is 4.74 Å². The van der Waals surface area contributed by atoms with Gasteiger partial charge in [0.15, 0.2) is 5.65 Å². The lowest BCUT2D eigenvalue weighted by molar-refractivity contribution is 0.0600. The fourth-order valence-corrected chi connectivity index (χ4v) is 2.51. The normalized spacial score (nSPS) is 16.7. The van der Waals surface area contributed by atoms with Crippen molar-refractivity contribution in [3.63, 3.8) is 0 Å². The minimum absolute atomic E-state index is 0.353. The van der Waals surface area contributed by atoms with Crippen LogP contribution in [0.4, 0.5) is 0 Å².